The molecule has 0 aliphatic heterocycles. The fourth-order valence-electron chi connectivity index (χ4n) is 2.33. The summed E-state index contributed by atoms with van der Waals surface area (Å²) in [4.78, 5) is 24.3. The summed E-state index contributed by atoms with van der Waals surface area (Å²) in [7, 11) is 4.55. The molecule has 0 saturated heterocycles. The average molecular weight is 359 g/mol. The number of ether oxygens (including phenoxy) is 3. The zero-order chi connectivity index (χ0) is 19.1. The molecule has 0 bridgehead atoms. The molecule has 138 valence electrons. The van der Waals surface area contributed by atoms with Gasteiger partial charge in [0, 0.05) is 24.4 Å². The van der Waals surface area contributed by atoms with Crippen molar-refractivity contribution < 1.29 is 19.0 Å². The van der Waals surface area contributed by atoms with E-state index in [2.05, 4.69) is 10.5 Å². The van der Waals surface area contributed by atoms with Crippen molar-refractivity contribution in [2.45, 2.75) is 13.5 Å². The highest BCUT2D eigenvalue weighted by atomic mass is 16.5. The van der Waals surface area contributed by atoms with Gasteiger partial charge in [0.15, 0.2) is 11.5 Å². The van der Waals surface area contributed by atoms with E-state index in [4.69, 9.17) is 14.2 Å². The maximum absolute atomic E-state index is 12.2. The van der Waals surface area contributed by atoms with Crippen molar-refractivity contribution in [3.05, 3.63) is 51.9 Å². The lowest BCUT2D eigenvalue weighted by Crippen LogP contribution is -2.30. The number of rotatable bonds is 7. The predicted molar refractivity (Wildman–Crippen MR) is 97.5 cm³/mol. The highest BCUT2D eigenvalue weighted by Gasteiger charge is 2.12. The van der Waals surface area contributed by atoms with Crippen molar-refractivity contribution in [1.29, 1.82) is 0 Å². The Hall–Kier alpha value is -3.29. The summed E-state index contributed by atoms with van der Waals surface area (Å²) in [6, 6.07) is 6.41. The van der Waals surface area contributed by atoms with E-state index >= 15 is 0 Å². The van der Waals surface area contributed by atoms with Crippen LogP contribution in [0.5, 0.6) is 17.2 Å². The summed E-state index contributed by atoms with van der Waals surface area (Å²) < 4.78 is 17.2. The molecule has 1 aromatic heterocycles. The number of aromatic nitrogens is 1. The van der Waals surface area contributed by atoms with E-state index < -0.39 is 5.91 Å². The van der Waals surface area contributed by atoms with E-state index in [-0.39, 0.29) is 11.1 Å². The Morgan fingerprint density at radius 3 is 2.42 bits per heavy atom. The number of amides is 1. The second-order valence-corrected chi connectivity index (χ2v) is 5.16. The SMILES string of the molecule is CCn1cccc(C(=O)N/N=C\c2cc(OC)c(OC)cc2OC)c1=O. The number of nitrogens with zero attached hydrogens (tertiary/aromatic N) is 2. The van der Waals surface area contributed by atoms with Crippen LogP contribution < -0.4 is 25.2 Å². The monoisotopic (exact) mass is 359 g/mol. The van der Waals surface area contributed by atoms with E-state index in [1.807, 2.05) is 6.92 Å². The summed E-state index contributed by atoms with van der Waals surface area (Å²) in [5, 5.41) is 3.90. The molecule has 0 saturated carbocycles. The second kappa shape index (κ2) is 8.70. The highest BCUT2D eigenvalue weighted by Crippen LogP contribution is 2.33. The Kier molecular flexibility index (Phi) is 6.37. The summed E-state index contributed by atoms with van der Waals surface area (Å²) in [6.45, 7) is 2.30. The zero-order valence-electron chi connectivity index (χ0n) is 15.1. The van der Waals surface area contributed by atoms with Gasteiger partial charge in [-0.1, -0.05) is 0 Å². The zero-order valence-corrected chi connectivity index (χ0v) is 15.1. The van der Waals surface area contributed by atoms with Gasteiger partial charge in [-0.2, -0.15) is 5.10 Å². The third-order valence-corrected chi connectivity index (χ3v) is 3.71. The van der Waals surface area contributed by atoms with Crippen molar-refractivity contribution in [3.8, 4) is 17.2 Å². The van der Waals surface area contributed by atoms with Gasteiger partial charge in [0.1, 0.15) is 11.3 Å². The first-order valence-electron chi connectivity index (χ1n) is 7.88. The number of benzene rings is 1. The molecule has 0 unspecified atom stereocenters. The lowest BCUT2D eigenvalue weighted by Gasteiger charge is -2.11. The van der Waals surface area contributed by atoms with Crippen molar-refractivity contribution >= 4 is 12.1 Å². The van der Waals surface area contributed by atoms with Crippen molar-refractivity contribution in [2.24, 2.45) is 5.10 Å². The number of carbonyl (C=O) groups is 1. The molecule has 2 aromatic rings. The summed E-state index contributed by atoms with van der Waals surface area (Å²) in [6.07, 6.45) is 3.02. The minimum atomic E-state index is -0.589. The molecule has 8 nitrogen and oxygen atoms in total. The van der Waals surface area contributed by atoms with Gasteiger partial charge in [-0.15, -0.1) is 0 Å². The molecule has 0 aliphatic carbocycles. The fourth-order valence-corrected chi connectivity index (χ4v) is 2.33. The molecule has 0 fully saturated rings. The van der Waals surface area contributed by atoms with Crippen LogP contribution >= 0.6 is 0 Å². The Bertz CT molecular complexity index is 874. The molecule has 2 rings (SSSR count). The molecule has 1 aromatic carbocycles. The molecule has 1 amide bonds. The van der Waals surface area contributed by atoms with Crippen LogP contribution in [-0.4, -0.2) is 38.0 Å². The lowest BCUT2D eigenvalue weighted by atomic mass is 10.2. The number of aryl methyl sites for hydroxylation is 1. The summed E-state index contributed by atoms with van der Waals surface area (Å²) >= 11 is 0. The molecule has 26 heavy (non-hydrogen) atoms. The van der Waals surface area contributed by atoms with Crippen LogP contribution in [0.3, 0.4) is 0 Å². The quantitative estimate of drug-likeness (QED) is 0.600. The van der Waals surface area contributed by atoms with Crippen LogP contribution in [0.1, 0.15) is 22.8 Å². The first-order valence-corrected chi connectivity index (χ1v) is 7.88. The van der Waals surface area contributed by atoms with Crippen LogP contribution in [0.25, 0.3) is 0 Å². The van der Waals surface area contributed by atoms with Gasteiger partial charge in [0.2, 0.25) is 0 Å². The first-order chi connectivity index (χ1) is 12.5. The largest absolute Gasteiger partial charge is 0.496 e. The minimum absolute atomic E-state index is 0.0192. The van der Waals surface area contributed by atoms with Crippen molar-refractivity contribution in [3.63, 3.8) is 0 Å². The van der Waals surface area contributed by atoms with E-state index in [9.17, 15) is 9.59 Å². The standard InChI is InChI=1S/C18H21N3O5/c1-5-21-8-6-7-13(18(21)23)17(22)20-19-11-12-9-15(25-3)16(26-4)10-14(12)24-2/h6-11H,5H2,1-4H3,(H,20,22)/b19-11-. The highest BCUT2D eigenvalue weighted by molar-refractivity contribution is 5.94. The smallest absolute Gasteiger partial charge is 0.276 e. The summed E-state index contributed by atoms with van der Waals surface area (Å²) in [5.74, 6) is 0.909. The van der Waals surface area contributed by atoms with Crippen LogP contribution in [0.4, 0.5) is 0 Å². The Balaban J connectivity index is 2.23. The van der Waals surface area contributed by atoms with Gasteiger partial charge < -0.3 is 18.8 Å². The van der Waals surface area contributed by atoms with Crippen LogP contribution in [0.2, 0.25) is 0 Å². The molecular weight excluding hydrogens is 338 g/mol. The number of hydrazone groups is 1. The van der Waals surface area contributed by atoms with Crippen LogP contribution in [0.15, 0.2) is 40.4 Å². The normalized spacial score (nSPS) is 10.6. The van der Waals surface area contributed by atoms with Gasteiger partial charge in [0.25, 0.3) is 11.5 Å². The van der Waals surface area contributed by atoms with Crippen LogP contribution in [0, 0.1) is 0 Å². The number of pyridine rings is 1. The Morgan fingerprint density at radius 1 is 1.15 bits per heavy atom. The third kappa shape index (κ3) is 4.02. The molecule has 0 radical (unpaired) electrons. The number of hydrogen-bond acceptors (Lipinski definition) is 6. The Labute approximate surface area is 151 Å². The molecule has 1 heterocycles. The van der Waals surface area contributed by atoms with Gasteiger partial charge in [-0.25, -0.2) is 5.43 Å². The number of carbonyl (C=O) groups excluding carboxylic acids is 1. The van der Waals surface area contributed by atoms with Gasteiger partial charge in [-0.3, -0.25) is 9.59 Å². The topological polar surface area (TPSA) is 91.2 Å². The van der Waals surface area contributed by atoms with E-state index in [0.717, 1.165) is 0 Å². The van der Waals surface area contributed by atoms with Gasteiger partial charge >= 0.3 is 0 Å². The minimum Gasteiger partial charge on any atom is -0.496 e. The molecular formula is C18H21N3O5. The van der Waals surface area contributed by atoms with Crippen molar-refractivity contribution in [1.82, 2.24) is 9.99 Å². The molecule has 1 N–H and O–H groups in total. The molecule has 0 spiro atoms. The third-order valence-electron chi connectivity index (χ3n) is 3.71. The summed E-state index contributed by atoms with van der Waals surface area (Å²) in [5.41, 5.74) is 2.57. The average Bonchev–Trinajstić information content (AvgIpc) is 2.67. The number of nitrogens with one attached hydrogen (secondary N) is 1. The predicted octanol–water partition coefficient (Wildman–Crippen LogP) is 1.66. The van der Waals surface area contributed by atoms with E-state index in [1.54, 1.807) is 24.4 Å². The van der Waals surface area contributed by atoms with Crippen LogP contribution in [-0.2, 0) is 6.54 Å². The van der Waals surface area contributed by atoms with E-state index in [0.29, 0.717) is 29.4 Å². The molecule has 0 aliphatic rings. The lowest BCUT2D eigenvalue weighted by molar-refractivity contribution is 0.0953. The number of hydrogen-bond donors (Lipinski definition) is 1. The second-order valence-electron chi connectivity index (χ2n) is 5.16. The fraction of sp³-hybridized carbons (Fsp3) is 0.278. The maximum Gasteiger partial charge on any atom is 0.276 e. The number of methoxy groups -OCH3 is 3. The van der Waals surface area contributed by atoms with E-state index in [1.165, 1.54) is 38.2 Å². The molecule has 0 atom stereocenters. The van der Waals surface area contributed by atoms with Gasteiger partial charge in [-0.05, 0) is 25.1 Å². The Morgan fingerprint density at radius 2 is 1.81 bits per heavy atom. The van der Waals surface area contributed by atoms with Crippen molar-refractivity contribution in [2.75, 3.05) is 21.3 Å². The first kappa shape index (κ1) is 19.0. The molecule has 8 heteroatoms. The van der Waals surface area contributed by atoms with Gasteiger partial charge in [0.05, 0.1) is 27.5 Å². The maximum atomic E-state index is 12.2.